The molecule has 0 radical (unpaired) electrons. The van der Waals surface area contributed by atoms with Crippen molar-refractivity contribution in [2.24, 2.45) is 5.92 Å². The van der Waals surface area contributed by atoms with Gasteiger partial charge in [-0.2, -0.15) is 0 Å². The highest BCUT2D eigenvalue weighted by Gasteiger charge is 2.20. The first-order valence-corrected chi connectivity index (χ1v) is 10.7. The Balaban J connectivity index is 1.55. The van der Waals surface area contributed by atoms with Gasteiger partial charge in [-0.05, 0) is 43.0 Å². The summed E-state index contributed by atoms with van der Waals surface area (Å²) in [4.78, 5) is 31.5. The molecule has 3 aromatic heterocycles. The Hall–Kier alpha value is -1.99. The van der Waals surface area contributed by atoms with Crippen molar-refractivity contribution in [1.82, 2.24) is 14.9 Å². The van der Waals surface area contributed by atoms with Gasteiger partial charge in [-0.25, -0.2) is 4.98 Å². The van der Waals surface area contributed by atoms with Crippen molar-refractivity contribution >= 4 is 38.8 Å². The third kappa shape index (κ3) is 3.46. The maximum atomic E-state index is 12.9. The van der Waals surface area contributed by atoms with E-state index in [0.717, 1.165) is 46.9 Å². The molecule has 1 amide bonds. The van der Waals surface area contributed by atoms with Crippen LogP contribution < -0.4 is 10.9 Å². The van der Waals surface area contributed by atoms with Crippen LogP contribution in [0.15, 0.2) is 34.0 Å². The zero-order valence-electron chi connectivity index (χ0n) is 14.6. The molecule has 1 aliphatic carbocycles. The number of carbonyl (C=O) groups is 1. The van der Waals surface area contributed by atoms with E-state index in [1.165, 1.54) is 22.2 Å². The predicted octanol–water partition coefficient (Wildman–Crippen LogP) is 3.88. The molecule has 1 saturated carbocycles. The summed E-state index contributed by atoms with van der Waals surface area (Å²) in [7, 11) is 0. The van der Waals surface area contributed by atoms with Crippen molar-refractivity contribution in [1.29, 1.82) is 0 Å². The van der Waals surface area contributed by atoms with E-state index in [4.69, 9.17) is 0 Å². The average Bonchev–Trinajstić information content (AvgIpc) is 3.29. The van der Waals surface area contributed by atoms with Gasteiger partial charge in [0.05, 0.1) is 11.7 Å². The summed E-state index contributed by atoms with van der Waals surface area (Å²) < 4.78 is 1.42. The Morgan fingerprint density at radius 3 is 2.85 bits per heavy atom. The molecule has 0 unspecified atom stereocenters. The molecule has 1 aliphatic rings. The molecule has 0 bridgehead atoms. The summed E-state index contributed by atoms with van der Waals surface area (Å²) in [6, 6.07) is 4.20. The van der Waals surface area contributed by atoms with Crippen molar-refractivity contribution in [3.8, 4) is 10.4 Å². The molecule has 0 aliphatic heterocycles. The van der Waals surface area contributed by atoms with E-state index < -0.39 is 0 Å². The number of rotatable bonds is 4. The van der Waals surface area contributed by atoms with Crippen LogP contribution >= 0.6 is 22.7 Å². The number of aromatic nitrogens is 2. The minimum absolute atomic E-state index is 0.0214. The first-order chi connectivity index (χ1) is 12.6. The molecule has 3 aromatic rings. The quantitative estimate of drug-likeness (QED) is 0.739. The first-order valence-electron chi connectivity index (χ1n) is 8.91. The van der Waals surface area contributed by atoms with E-state index in [1.807, 2.05) is 22.9 Å². The Labute approximate surface area is 159 Å². The van der Waals surface area contributed by atoms with Crippen molar-refractivity contribution < 1.29 is 4.79 Å². The maximum Gasteiger partial charge on any atom is 0.263 e. The lowest BCUT2D eigenvalue weighted by Crippen LogP contribution is -2.40. The van der Waals surface area contributed by atoms with Crippen molar-refractivity contribution in [3.05, 3.63) is 39.6 Å². The standard InChI is InChI=1S/C19H21N3O2S2/c1-12-4-6-13(7-5-12)21-16(23)9-22-11-20-18-17(19(22)24)14(10-26-18)15-3-2-8-25-15/h2-3,8,10-13H,4-7,9H2,1H3,(H,21,23). The molecule has 136 valence electrons. The fourth-order valence-corrected chi connectivity index (χ4v) is 5.25. The Morgan fingerprint density at radius 1 is 1.31 bits per heavy atom. The molecular formula is C19H21N3O2S2. The van der Waals surface area contributed by atoms with Gasteiger partial charge < -0.3 is 5.32 Å². The second-order valence-electron chi connectivity index (χ2n) is 7.01. The van der Waals surface area contributed by atoms with Crippen LogP contribution in [0.5, 0.6) is 0 Å². The van der Waals surface area contributed by atoms with Crippen molar-refractivity contribution in [3.63, 3.8) is 0 Å². The molecule has 1 fully saturated rings. The van der Waals surface area contributed by atoms with Crippen LogP contribution in [0.3, 0.4) is 0 Å². The maximum absolute atomic E-state index is 12.9. The van der Waals surface area contributed by atoms with Gasteiger partial charge in [-0.15, -0.1) is 22.7 Å². The van der Waals surface area contributed by atoms with Crippen LogP contribution in [0.4, 0.5) is 0 Å². The van der Waals surface area contributed by atoms with Gasteiger partial charge in [0.2, 0.25) is 5.91 Å². The predicted molar refractivity (Wildman–Crippen MR) is 107 cm³/mol. The monoisotopic (exact) mass is 387 g/mol. The van der Waals surface area contributed by atoms with Gasteiger partial charge >= 0.3 is 0 Å². The van der Waals surface area contributed by atoms with Gasteiger partial charge in [-0.3, -0.25) is 14.2 Å². The summed E-state index contributed by atoms with van der Waals surface area (Å²) in [5.74, 6) is 0.632. The number of hydrogen-bond acceptors (Lipinski definition) is 5. The van der Waals surface area contributed by atoms with Crippen LogP contribution in [-0.4, -0.2) is 21.5 Å². The number of thiophene rings is 2. The molecular weight excluding hydrogens is 366 g/mol. The van der Waals surface area contributed by atoms with E-state index in [1.54, 1.807) is 11.3 Å². The molecule has 1 N–H and O–H groups in total. The Kier molecular flexibility index (Phi) is 4.91. The first kappa shape index (κ1) is 17.4. The number of nitrogens with zero attached hydrogens (tertiary/aromatic N) is 2. The molecule has 26 heavy (non-hydrogen) atoms. The third-order valence-corrected chi connectivity index (χ3v) is 6.83. The summed E-state index contributed by atoms with van der Waals surface area (Å²) in [6.07, 6.45) is 5.83. The normalized spacial score (nSPS) is 20.3. The lowest BCUT2D eigenvalue weighted by molar-refractivity contribution is -0.122. The lowest BCUT2D eigenvalue weighted by Gasteiger charge is -2.26. The van der Waals surface area contributed by atoms with E-state index in [0.29, 0.717) is 5.39 Å². The molecule has 5 nitrogen and oxygen atoms in total. The highest BCUT2D eigenvalue weighted by molar-refractivity contribution is 7.18. The van der Waals surface area contributed by atoms with Crippen molar-refractivity contribution in [2.45, 2.75) is 45.2 Å². The molecule has 0 saturated heterocycles. The van der Waals surface area contributed by atoms with Gasteiger partial charge in [0.1, 0.15) is 11.4 Å². The summed E-state index contributed by atoms with van der Waals surface area (Å²) in [6.45, 7) is 2.28. The Morgan fingerprint density at radius 2 is 2.12 bits per heavy atom. The third-order valence-electron chi connectivity index (χ3n) is 5.04. The fraction of sp³-hybridized carbons (Fsp3) is 0.421. The van der Waals surface area contributed by atoms with Gasteiger partial charge in [0, 0.05) is 21.9 Å². The van der Waals surface area contributed by atoms with E-state index >= 15 is 0 Å². The van der Waals surface area contributed by atoms with Crippen molar-refractivity contribution in [2.75, 3.05) is 0 Å². The fourth-order valence-electron chi connectivity index (χ4n) is 3.53. The molecule has 0 spiro atoms. The van der Waals surface area contributed by atoms with Crippen LogP contribution in [0.1, 0.15) is 32.6 Å². The highest BCUT2D eigenvalue weighted by atomic mass is 32.1. The summed E-state index contributed by atoms with van der Waals surface area (Å²) in [5, 5.41) is 7.65. The number of nitrogens with one attached hydrogen (secondary N) is 1. The van der Waals surface area contributed by atoms with E-state index in [2.05, 4.69) is 17.2 Å². The summed E-state index contributed by atoms with van der Waals surface area (Å²) in [5.41, 5.74) is 0.764. The molecule has 0 aromatic carbocycles. The van der Waals surface area contributed by atoms with Crippen LogP contribution in [0, 0.1) is 5.92 Å². The molecule has 3 heterocycles. The SMILES string of the molecule is CC1CCC(NC(=O)Cn2cnc3scc(-c4cccs4)c3c2=O)CC1. The van der Waals surface area contributed by atoms with Gasteiger partial charge in [0.15, 0.2) is 0 Å². The van der Waals surface area contributed by atoms with Crippen LogP contribution in [0.2, 0.25) is 0 Å². The topological polar surface area (TPSA) is 64.0 Å². The number of carbonyl (C=O) groups excluding carboxylic acids is 1. The van der Waals surface area contributed by atoms with Crippen LogP contribution in [0.25, 0.3) is 20.7 Å². The molecule has 0 atom stereocenters. The largest absolute Gasteiger partial charge is 0.352 e. The molecule has 7 heteroatoms. The minimum atomic E-state index is -0.146. The van der Waals surface area contributed by atoms with E-state index in [9.17, 15) is 9.59 Å². The van der Waals surface area contributed by atoms with Gasteiger partial charge in [0.25, 0.3) is 5.56 Å². The second kappa shape index (κ2) is 7.32. The number of hydrogen-bond donors (Lipinski definition) is 1. The highest BCUT2D eigenvalue weighted by Crippen LogP contribution is 2.33. The van der Waals surface area contributed by atoms with Gasteiger partial charge in [-0.1, -0.05) is 13.0 Å². The number of amides is 1. The molecule has 4 rings (SSSR count). The Bertz CT molecular complexity index is 966. The van der Waals surface area contributed by atoms with E-state index in [-0.39, 0.29) is 24.1 Å². The minimum Gasteiger partial charge on any atom is -0.352 e. The van der Waals surface area contributed by atoms with Crippen LogP contribution in [-0.2, 0) is 11.3 Å². The zero-order valence-corrected chi connectivity index (χ0v) is 16.2. The zero-order chi connectivity index (χ0) is 18.1. The lowest BCUT2D eigenvalue weighted by atomic mass is 9.87. The summed E-state index contributed by atoms with van der Waals surface area (Å²) >= 11 is 3.06. The number of fused-ring (bicyclic) bond motifs is 1. The second-order valence-corrected chi connectivity index (χ2v) is 8.81. The smallest absolute Gasteiger partial charge is 0.263 e. The average molecular weight is 388 g/mol.